The predicted molar refractivity (Wildman–Crippen MR) is 70.8 cm³/mol. The van der Waals surface area contributed by atoms with Gasteiger partial charge in [-0.05, 0) is 34.5 Å². The minimum Gasteiger partial charge on any atom is -0.452 e. The van der Waals surface area contributed by atoms with Gasteiger partial charge in [-0.2, -0.15) is 0 Å². The summed E-state index contributed by atoms with van der Waals surface area (Å²) < 4.78 is 8.58. The third kappa shape index (κ3) is 2.64. The van der Waals surface area contributed by atoms with E-state index in [0.717, 1.165) is 6.42 Å². The maximum Gasteiger partial charge on any atom is 0.331 e. The van der Waals surface area contributed by atoms with E-state index >= 15 is 0 Å². The van der Waals surface area contributed by atoms with Crippen molar-refractivity contribution in [3.63, 3.8) is 0 Å². The van der Waals surface area contributed by atoms with E-state index < -0.39 is 0 Å². The fraction of sp³-hybridized carbons (Fsp3) is 0.333. The molecule has 0 aromatic carbocycles. The third-order valence-corrected chi connectivity index (χ3v) is 2.97. The Morgan fingerprint density at radius 3 is 2.67 bits per heavy atom. The number of nitrogens with zero attached hydrogens (tertiary/aromatic N) is 2. The van der Waals surface area contributed by atoms with E-state index in [1.807, 2.05) is 6.92 Å². The fourth-order valence-electron chi connectivity index (χ4n) is 1.71. The number of furan rings is 1. The lowest BCUT2D eigenvalue weighted by Crippen LogP contribution is -2.39. The van der Waals surface area contributed by atoms with Crippen LogP contribution >= 0.6 is 15.9 Å². The van der Waals surface area contributed by atoms with E-state index in [-0.39, 0.29) is 17.8 Å². The molecule has 0 radical (unpaired) electrons. The first kappa shape index (κ1) is 12.9. The SMILES string of the molecule is CCCn1ccc(=O)n(Cc2ccc(Br)o2)c1=O. The van der Waals surface area contributed by atoms with Gasteiger partial charge >= 0.3 is 5.69 Å². The van der Waals surface area contributed by atoms with Crippen LogP contribution in [-0.2, 0) is 13.1 Å². The molecule has 5 nitrogen and oxygen atoms in total. The van der Waals surface area contributed by atoms with Gasteiger partial charge in [-0.1, -0.05) is 6.92 Å². The van der Waals surface area contributed by atoms with Crippen molar-refractivity contribution in [1.29, 1.82) is 0 Å². The summed E-state index contributed by atoms with van der Waals surface area (Å²) in [7, 11) is 0. The van der Waals surface area contributed by atoms with E-state index in [2.05, 4.69) is 15.9 Å². The van der Waals surface area contributed by atoms with Crippen LogP contribution in [-0.4, -0.2) is 9.13 Å². The van der Waals surface area contributed by atoms with Crippen LogP contribution in [0, 0.1) is 0 Å². The quantitative estimate of drug-likeness (QED) is 0.865. The highest BCUT2D eigenvalue weighted by molar-refractivity contribution is 9.10. The number of hydrogen-bond donors (Lipinski definition) is 0. The molecule has 0 unspecified atom stereocenters. The van der Waals surface area contributed by atoms with Crippen LogP contribution in [0.3, 0.4) is 0 Å². The van der Waals surface area contributed by atoms with E-state index in [9.17, 15) is 9.59 Å². The second kappa shape index (κ2) is 5.39. The molecule has 18 heavy (non-hydrogen) atoms. The van der Waals surface area contributed by atoms with Gasteiger partial charge in [0.05, 0.1) is 6.54 Å². The van der Waals surface area contributed by atoms with Gasteiger partial charge in [0, 0.05) is 18.8 Å². The molecule has 0 aliphatic heterocycles. The van der Waals surface area contributed by atoms with Gasteiger partial charge in [0.2, 0.25) is 0 Å². The number of halogens is 1. The van der Waals surface area contributed by atoms with Crippen LogP contribution in [0.15, 0.2) is 43.1 Å². The van der Waals surface area contributed by atoms with Crippen molar-refractivity contribution < 1.29 is 4.42 Å². The topological polar surface area (TPSA) is 57.1 Å². The Bertz CT molecular complexity index is 654. The van der Waals surface area contributed by atoms with E-state index in [1.54, 1.807) is 12.1 Å². The minimum absolute atomic E-state index is 0.147. The highest BCUT2D eigenvalue weighted by atomic mass is 79.9. The summed E-state index contributed by atoms with van der Waals surface area (Å²) >= 11 is 3.18. The maximum atomic E-state index is 12.1. The molecule has 2 aromatic heterocycles. The van der Waals surface area contributed by atoms with E-state index in [4.69, 9.17) is 4.42 Å². The zero-order valence-corrected chi connectivity index (χ0v) is 11.5. The Kier molecular flexibility index (Phi) is 3.86. The first-order chi connectivity index (χ1) is 8.61. The summed E-state index contributed by atoms with van der Waals surface area (Å²) in [6.07, 6.45) is 2.37. The molecule has 0 saturated heterocycles. The van der Waals surface area contributed by atoms with Crippen LogP contribution in [0.4, 0.5) is 0 Å². The lowest BCUT2D eigenvalue weighted by atomic mass is 10.4. The highest BCUT2D eigenvalue weighted by Crippen LogP contribution is 2.13. The number of rotatable bonds is 4. The summed E-state index contributed by atoms with van der Waals surface area (Å²) in [6.45, 7) is 2.72. The molecule has 0 aliphatic rings. The molecule has 0 amide bonds. The van der Waals surface area contributed by atoms with Gasteiger partial charge in [-0.3, -0.25) is 9.36 Å². The van der Waals surface area contributed by atoms with Gasteiger partial charge in [0.1, 0.15) is 5.76 Å². The number of aryl methyl sites for hydroxylation is 1. The summed E-state index contributed by atoms with van der Waals surface area (Å²) in [5.41, 5.74) is -0.628. The Morgan fingerprint density at radius 1 is 1.28 bits per heavy atom. The van der Waals surface area contributed by atoms with E-state index in [0.29, 0.717) is 17.0 Å². The molecule has 2 rings (SSSR count). The van der Waals surface area contributed by atoms with Crippen molar-refractivity contribution in [1.82, 2.24) is 9.13 Å². The summed E-state index contributed by atoms with van der Waals surface area (Å²) in [5.74, 6) is 0.565. The molecule has 2 aromatic rings. The van der Waals surface area contributed by atoms with Crippen molar-refractivity contribution >= 4 is 15.9 Å². The van der Waals surface area contributed by atoms with Crippen molar-refractivity contribution in [3.05, 3.63) is 55.7 Å². The van der Waals surface area contributed by atoms with Crippen LogP contribution in [0.25, 0.3) is 0 Å². The average molecular weight is 313 g/mol. The Balaban J connectivity index is 2.40. The molecule has 2 heterocycles. The van der Waals surface area contributed by atoms with Gasteiger partial charge in [-0.25, -0.2) is 4.79 Å². The largest absolute Gasteiger partial charge is 0.452 e. The lowest BCUT2D eigenvalue weighted by Gasteiger charge is -2.07. The highest BCUT2D eigenvalue weighted by Gasteiger charge is 2.07. The maximum absolute atomic E-state index is 12.1. The molecule has 0 saturated carbocycles. The summed E-state index contributed by atoms with van der Waals surface area (Å²) in [6, 6.07) is 4.86. The fourth-order valence-corrected chi connectivity index (χ4v) is 2.05. The van der Waals surface area contributed by atoms with Crippen molar-refractivity contribution in [2.45, 2.75) is 26.4 Å². The van der Waals surface area contributed by atoms with Crippen molar-refractivity contribution in [3.8, 4) is 0 Å². The first-order valence-electron chi connectivity index (χ1n) is 5.66. The monoisotopic (exact) mass is 312 g/mol. The predicted octanol–water partition coefficient (Wildman–Crippen LogP) is 1.82. The number of aromatic nitrogens is 2. The van der Waals surface area contributed by atoms with Gasteiger partial charge in [0.15, 0.2) is 4.67 Å². The van der Waals surface area contributed by atoms with Crippen LogP contribution < -0.4 is 11.2 Å². The second-order valence-corrected chi connectivity index (χ2v) is 4.70. The lowest BCUT2D eigenvalue weighted by molar-refractivity contribution is 0.457. The molecule has 0 aliphatic carbocycles. The van der Waals surface area contributed by atoms with Gasteiger partial charge < -0.3 is 8.98 Å². The molecule has 0 atom stereocenters. The first-order valence-corrected chi connectivity index (χ1v) is 6.45. The van der Waals surface area contributed by atoms with Gasteiger partial charge in [-0.15, -0.1) is 0 Å². The molecule has 96 valence electrons. The molecule has 0 fully saturated rings. The third-order valence-electron chi connectivity index (χ3n) is 2.55. The normalized spacial score (nSPS) is 10.8. The standard InChI is InChI=1S/C12H13BrN2O3/c1-2-6-14-7-5-11(16)15(12(14)17)8-9-3-4-10(13)18-9/h3-5,7H,2,6,8H2,1H3. The van der Waals surface area contributed by atoms with Crippen LogP contribution in [0.1, 0.15) is 19.1 Å². The van der Waals surface area contributed by atoms with Gasteiger partial charge in [0.25, 0.3) is 5.56 Å². The smallest absolute Gasteiger partial charge is 0.331 e. The average Bonchev–Trinajstić information content (AvgIpc) is 2.74. The molecule has 0 N–H and O–H groups in total. The van der Waals surface area contributed by atoms with Crippen LogP contribution in [0.5, 0.6) is 0 Å². The molecule has 6 heteroatoms. The zero-order chi connectivity index (χ0) is 13.1. The molecular formula is C12H13BrN2O3. The van der Waals surface area contributed by atoms with E-state index in [1.165, 1.54) is 21.4 Å². The Hall–Kier alpha value is -1.56. The second-order valence-electron chi connectivity index (χ2n) is 3.92. The minimum atomic E-state index is -0.320. The number of hydrogen-bond acceptors (Lipinski definition) is 3. The summed E-state index contributed by atoms with van der Waals surface area (Å²) in [4.78, 5) is 23.8. The van der Waals surface area contributed by atoms with Crippen molar-refractivity contribution in [2.75, 3.05) is 0 Å². The molecule has 0 spiro atoms. The summed E-state index contributed by atoms with van der Waals surface area (Å²) in [5, 5.41) is 0. The van der Waals surface area contributed by atoms with Crippen LogP contribution in [0.2, 0.25) is 0 Å². The molecular weight excluding hydrogens is 300 g/mol. The van der Waals surface area contributed by atoms with Crippen molar-refractivity contribution in [2.24, 2.45) is 0 Å². The Labute approximate surface area is 112 Å². The Morgan fingerprint density at radius 2 is 2.06 bits per heavy atom. The molecule has 0 bridgehead atoms. The zero-order valence-electron chi connectivity index (χ0n) is 9.93.